The predicted octanol–water partition coefficient (Wildman–Crippen LogP) is 2.70. The second kappa shape index (κ2) is 6.43. The molecular formula is C20H20N2O3. The molecule has 0 saturated carbocycles. The molecule has 1 saturated heterocycles. The van der Waals surface area contributed by atoms with Gasteiger partial charge < -0.3 is 4.74 Å². The minimum absolute atomic E-state index is 0.0647. The molecule has 5 heteroatoms. The molecule has 0 spiro atoms. The molecule has 0 unspecified atom stereocenters. The summed E-state index contributed by atoms with van der Waals surface area (Å²) in [6.45, 7) is 3.64. The lowest BCUT2D eigenvalue weighted by atomic mass is 10.0. The number of carbonyl (C=O) groups is 2. The Morgan fingerprint density at radius 3 is 2.20 bits per heavy atom. The van der Waals surface area contributed by atoms with Crippen LogP contribution in [-0.4, -0.2) is 47.5 Å². The highest BCUT2D eigenvalue weighted by Gasteiger charge is 2.38. The molecule has 2 aromatic rings. The Hall–Kier alpha value is -2.50. The molecule has 0 N–H and O–H groups in total. The summed E-state index contributed by atoms with van der Waals surface area (Å²) in [5, 5.41) is 0. The molecule has 0 radical (unpaired) electrons. The van der Waals surface area contributed by atoms with Crippen molar-refractivity contribution in [3.05, 3.63) is 71.3 Å². The van der Waals surface area contributed by atoms with Gasteiger partial charge >= 0.3 is 0 Å². The quantitative estimate of drug-likeness (QED) is 0.809. The van der Waals surface area contributed by atoms with E-state index in [0.717, 1.165) is 5.56 Å². The summed E-state index contributed by atoms with van der Waals surface area (Å²) in [6.07, 6.45) is -0.0647. The molecule has 2 atom stereocenters. The lowest BCUT2D eigenvalue weighted by molar-refractivity contribution is -0.0769. The molecule has 2 aromatic carbocycles. The highest BCUT2D eigenvalue weighted by Crippen LogP contribution is 2.30. The second-order valence-electron chi connectivity index (χ2n) is 6.48. The fourth-order valence-corrected chi connectivity index (χ4v) is 3.60. The minimum Gasteiger partial charge on any atom is -0.371 e. The zero-order valence-electron chi connectivity index (χ0n) is 14.1. The standard InChI is InChI=1S/C20H20N2O3/c1-14-18(15-7-3-2-4-8-15)25-12-11-21(14)13-22-19(23)16-9-5-6-10-17(16)20(22)24/h2-10,14,18H,11-13H2,1H3/t14-,18+/m0/s1. The molecule has 0 aliphatic carbocycles. The number of imide groups is 1. The Balaban J connectivity index is 1.53. The number of amides is 2. The van der Waals surface area contributed by atoms with E-state index in [-0.39, 0.29) is 24.0 Å². The number of carbonyl (C=O) groups excluding carboxylic acids is 2. The summed E-state index contributed by atoms with van der Waals surface area (Å²) in [4.78, 5) is 28.7. The lowest BCUT2D eigenvalue weighted by Gasteiger charge is -2.40. The van der Waals surface area contributed by atoms with Crippen LogP contribution < -0.4 is 0 Å². The van der Waals surface area contributed by atoms with Crippen molar-refractivity contribution in [1.82, 2.24) is 9.80 Å². The Kier molecular flexibility index (Phi) is 4.11. The van der Waals surface area contributed by atoms with Gasteiger partial charge in [0.2, 0.25) is 0 Å². The van der Waals surface area contributed by atoms with E-state index >= 15 is 0 Å². The van der Waals surface area contributed by atoms with Gasteiger partial charge in [-0.15, -0.1) is 0 Å². The SMILES string of the molecule is C[C@H]1[C@H](c2ccccc2)OCCN1CN1C(=O)c2ccccc2C1=O. The molecular weight excluding hydrogens is 316 g/mol. The maximum Gasteiger partial charge on any atom is 0.262 e. The summed E-state index contributed by atoms with van der Waals surface area (Å²) in [7, 11) is 0. The second-order valence-corrected chi connectivity index (χ2v) is 6.48. The Bertz CT molecular complexity index is 771. The van der Waals surface area contributed by atoms with Crippen LogP contribution in [0.3, 0.4) is 0 Å². The van der Waals surface area contributed by atoms with E-state index in [9.17, 15) is 9.59 Å². The number of fused-ring (bicyclic) bond motifs is 1. The van der Waals surface area contributed by atoms with Crippen LogP contribution in [0.1, 0.15) is 39.3 Å². The largest absolute Gasteiger partial charge is 0.371 e. The van der Waals surface area contributed by atoms with Crippen molar-refractivity contribution >= 4 is 11.8 Å². The van der Waals surface area contributed by atoms with Gasteiger partial charge in [-0.25, -0.2) is 0 Å². The van der Waals surface area contributed by atoms with Crippen molar-refractivity contribution in [3.8, 4) is 0 Å². The van der Waals surface area contributed by atoms with Crippen molar-refractivity contribution in [2.24, 2.45) is 0 Å². The summed E-state index contributed by atoms with van der Waals surface area (Å²) in [5.41, 5.74) is 2.10. The molecule has 0 bridgehead atoms. The molecule has 25 heavy (non-hydrogen) atoms. The first kappa shape index (κ1) is 16.0. The van der Waals surface area contributed by atoms with Crippen molar-refractivity contribution < 1.29 is 14.3 Å². The average molecular weight is 336 g/mol. The molecule has 2 amide bonds. The summed E-state index contributed by atoms with van der Waals surface area (Å²) in [5.74, 6) is -0.425. The Morgan fingerprint density at radius 1 is 0.960 bits per heavy atom. The van der Waals surface area contributed by atoms with E-state index in [2.05, 4.69) is 11.8 Å². The first-order valence-electron chi connectivity index (χ1n) is 8.52. The highest BCUT2D eigenvalue weighted by atomic mass is 16.5. The van der Waals surface area contributed by atoms with Gasteiger partial charge in [-0.3, -0.25) is 19.4 Å². The third kappa shape index (κ3) is 2.75. The number of hydrogen-bond donors (Lipinski definition) is 0. The number of hydrogen-bond acceptors (Lipinski definition) is 4. The smallest absolute Gasteiger partial charge is 0.262 e. The van der Waals surface area contributed by atoms with Crippen LogP contribution in [0.4, 0.5) is 0 Å². The van der Waals surface area contributed by atoms with Crippen LogP contribution in [0.25, 0.3) is 0 Å². The van der Waals surface area contributed by atoms with Crippen LogP contribution in [0.5, 0.6) is 0 Å². The molecule has 0 aromatic heterocycles. The molecule has 2 heterocycles. The zero-order valence-corrected chi connectivity index (χ0v) is 14.1. The number of nitrogens with zero attached hydrogens (tertiary/aromatic N) is 2. The number of ether oxygens (including phenoxy) is 1. The van der Waals surface area contributed by atoms with Gasteiger partial charge in [0, 0.05) is 12.6 Å². The maximum atomic E-state index is 12.6. The molecule has 5 nitrogen and oxygen atoms in total. The third-order valence-electron chi connectivity index (χ3n) is 5.02. The average Bonchev–Trinajstić information content (AvgIpc) is 2.89. The van der Waals surface area contributed by atoms with Gasteiger partial charge in [-0.2, -0.15) is 0 Å². The summed E-state index contributed by atoms with van der Waals surface area (Å²) < 4.78 is 5.96. The molecule has 1 fully saturated rings. The van der Waals surface area contributed by atoms with Crippen molar-refractivity contribution in [1.29, 1.82) is 0 Å². The summed E-state index contributed by atoms with van der Waals surface area (Å²) >= 11 is 0. The van der Waals surface area contributed by atoms with Gasteiger partial charge in [0.05, 0.1) is 30.5 Å². The van der Waals surface area contributed by atoms with Gasteiger partial charge in [0.1, 0.15) is 0 Å². The van der Waals surface area contributed by atoms with Crippen LogP contribution >= 0.6 is 0 Å². The molecule has 2 aliphatic rings. The minimum atomic E-state index is -0.212. The van der Waals surface area contributed by atoms with Gasteiger partial charge in [0.15, 0.2) is 0 Å². The number of morpholine rings is 1. The van der Waals surface area contributed by atoms with Crippen molar-refractivity contribution in [3.63, 3.8) is 0 Å². The Labute approximate surface area is 146 Å². The molecule has 128 valence electrons. The van der Waals surface area contributed by atoms with E-state index < -0.39 is 0 Å². The molecule has 4 rings (SSSR count). The van der Waals surface area contributed by atoms with Gasteiger partial charge in [-0.05, 0) is 24.6 Å². The maximum absolute atomic E-state index is 12.6. The fraction of sp³-hybridized carbons (Fsp3) is 0.300. The van der Waals surface area contributed by atoms with E-state index in [1.54, 1.807) is 24.3 Å². The Morgan fingerprint density at radius 2 is 1.56 bits per heavy atom. The van der Waals surface area contributed by atoms with Crippen LogP contribution in [-0.2, 0) is 4.74 Å². The van der Waals surface area contributed by atoms with Crippen LogP contribution in [0.15, 0.2) is 54.6 Å². The van der Waals surface area contributed by atoms with E-state index in [0.29, 0.717) is 30.9 Å². The van der Waals surface area contributed by atoms with Crippen LogP contribution in [0.2, 0.25) is 0 Å². The topological polar surface area (TPSA) is 49.9 Å². The van der Waals surface area contributed by atoms with Crippen molar-refractivity contribution in [2.45, 2.75) is 19.1 Å². The first-order chi connectivity index (χ1) is 12.2. The highest BCUT2D eigenvalue weighted by molar-refractivity contribution is 6.21. The fourth-order valence-electron chi connectivity index (χ4n) is 3.60. The zero-order chi connectivity index (χ0) is 17.4. The summed E-state index contributed by atoms with van der Waals surface area (Å²) in [6, 6.07) is 17.1. The third-order valence-corrected chi connectivity index (χ3v) is 5.02. The monoisotopic (exact) mass is 336 g/mol. The van der Waals surface area contributed by atoms with Crippen molar-refractivity contribution in [2.75, 3.05) is 19.8 Å². The normalized spacial score (nSPS) is 23.8. The molecule has 2 aliphatic heterocycles. The van der Waals surface area contributed by atoms with Gasteiger partial charge in [0.25, 0.3) is 11.8 Å². The van der Waals surface area contributed by atoms with E-state index in [4.69, 9.17) is 4.74 Å². The van der Waals surface area contributed by atoms with Crippen LogP contribution in [0, 0.1) is 0 Å². The lowest BCUT2D eigenvalue weighted by Crippen LogP contribution is -2.51. The van der Waals surface area contributed by atoms with E-state index in [1.807, 2.05) is 30.3 Å². The number of rotatable bonds is 3. The number of benzene rings is 2. The predicted molar refractivity (Wildman–Crippen MR) is 93.1 cm³/mol. The van der Waals surface area contributed by atoms with Gasteiger partial charge in [-0.1, -0.05) is 42.5 Å². The van der Waals surface area contributed by atoms with E-state index in [1.165, 1.54) is 4.90 Å². The first-order valence-corrected chi connectivity index (χ1v) is 8.52.